The molecule has 1 aromatic rings. The first-order valence-electron chi connectivity index (χ1n) is 3.04. The van der Waals surface area contributed by atoms with Crippen molar-refractivity contribution in [1.82, 2.24) is 4.98 Å². The average molecular weight is 222 g/mol. The number of aromatic nitrogens is 1. The van der Waals surface area contributed by atoms with Gasteiger partial charge in [-0.3, -0.25) is 0 Å². The number of methoxy groups -OCH3 is 1. The molecule has 70 valence electrons. The van der Waals surface area contributed by atoms with Gasteiger partial charge in [0, 0.05) is 0 Å². The number of carboxylic acid groups (broad SMARTS) is 1. The molecule has 0 aliphatic heterocycles. The second-order valence-corrected chi connectivity index (χ2v) is 3.54. The average Bonchev–Trinajstić information content (AvgIpc) is 2.46. The van der Waals surface area contributed by atoms with Crippen molar-refractivity contribution in [1.29, 1.82) is 0 Å². The highest BCUT2D eigenvalue weighted by molar-refractivity contribution is 7.17. The minimum absolute atomic E-state index is 0.0344. The van der Waals surface area contributed by atoms with Gasteiger partial charge in [-0.15, -0.1) is 0 Å². The van der Waals surface area contributed by atoms with E-state index in [1.54, 1.807) is 0 Å². The molecule has 0 saturated heterocycles. The molecule has 0 saturated carbocycles. The number of hydrogen-bond donors (Lipinski definition) is 1. The second-order valence-electron chi connectivity index (χ2n) is 1.94. The lowest BCUT2D eigenvalue weighted by atomic mass is 10.5. The van der Waals surface area contributed by atoms with E-state index < -0.39 is 11.9 Å². The molecule has 1 N–H and O–H groups in total. The number of esters is 1. The van der Waals surface area contributed by atoms with E-state index in [1.807, 2.05) is 0 Å². The molecule has 1 rings (SSSR count). The Bertz CT molecular complexity index is 362. The predicted molar refractivity (Wildman–Crippen MR) is 45.4 cm³/mol. The molecule has 0 aromatic carbocycles. The summed E-state index contributed by atoms with van der Waals surface area (Å²) in [6.07, 6.45) is 0. The molecule has 1 aromatic heterocycles. The van der Waals surface area contributed by atoms with E-state index in [4.69, 9.17) is 16.7 Å². The van der Waals surface area contributed by atoms with E-state index in [2.05, 4.69) is 9.72 Å². The minimum Gasteiger partial charge on any atom is -0.476 e. The molecule has 0 aliphatic rings. The largest absolute Gasteiger partial charge is 0.476 e. The zero-order valence-corrected chi connectivity index (χ0v) is 7.98. The third-order valence-electron chi connectivity index (χ3n) is 1.15. The standard InChI is InChI=1S/C6H4ClNO4S/c1-12-6(11)4-8-2(5(9)10)3(7)13-4/h1H3,(H,9,10). The molecule has 5 nitrogen and oxygen atoms in total. The van der Waals surface area contributed by atoms with E-state index in [-0.39, 0.29) is 15.0 Å². The maximum Gasteiger partial charge on any atom is 0.367 e. The molecule has 0 radical (unpaired) electrons. The Morgan fingerprint density at radius 3 is 2.62 bits per heavy atom. The van der Waals surface area contributed by atoms with Gasteiger partial charge in [0.2, 0.25) is 5.01 Å². The number of nitrogens with zero attached hydrogens (tertiary/aromatic N) is 1. The van der Waals surface area contributed by atoms with E-state index in [1.165, 1.54) is 7.11 Å². The van der Waals surface area contributed by atoms with Crippen molar-refractivity contribution in [3.63, 3.8) is 0 Å². The first-order valence-corrected chi connectivity index (χ1v) is 4.23. The van der Waals surface area contributed by atoms with Crippen LogP contribution >= 0.6 is 22.9 Å². The number of carboxylic acids is 1. The van der Waals surface area contributed by atoms with Crippen LogP contribution < -0.4 is 0 Å². The molecular weight excluding hydrogens is 218 g/mol. The highest BCUT2D eigenvalue weighted by Crippen LogP contribution is 2.24. The van der Waals surface area contributed by atoms with Crippen molar-refractivity contribution in [2.24, 2.45) is 0 Å². The lowest BCUT2D eigenvalue weighted by Gasteiger charge is -1.89. The summed E-state index contributed by atoms with van der Waals surface area (Å²) in [6.45, 7) is 0. The summed E-state index contributed by atoms with van der Waals surface area (Å²) in [5.41, 5.74) is -0.327. The maximum atomic E-state index is 10.9. The number of ether oxygens (including phenoxy) is 1. The van der Waals surface area contributed by atoms with Crippen molar-refractivity contribution in [2.75, 3.05) is 7.11 Å². The Morgan fingerprint density at radius 2 is 2.23 bits per heavy atom. The Hall–Kier alpha value is -1.14. The Balaban J connectivity index is 3.09. The fraction of sp³-hybridized carbons (Fsp3) is 0.167. The van der Waals surface area contributed by atoms with Crippen LogP contribution in [0.25, 0.3) is 0 Å². The molecule has 0 amide bonds. The van der Waals surface area contributed by atoms with Crippen molar-refractivity contribution in [2.45, 2.75) is 0 Å². The van der Waals surface area contributed by atoms with E-state index in [0.29, 0.717) is 0 Å². The van der Waals surface area contributed by atoms with Crippen molar-refractivity contribution < 1.29 is 19.4 Å². The highest BCUT2D eigenvalue weighted by Gasteiger charge is 2.19. The van der Waals surface area contributed by atoms with Crippen LogP contribution in [0.5, 0.6) is 0 Å². The SMILES string of the molecule is COC(=O)c1nc(C(=O)O)c(Cl)s1. The van der Waals surface area contributed by atoms with Crippen LogP contribution in [0.1, 0.15) is 20.3 Å². The van der Waals surface area contributed by atoms with Gasteiger partial charge < -0.3 is 9.84 Å². The summed E-state index contributed by atoms with van der Waals surface area (Å²) in [6, 6.07) is 0. The summed E-state index contributed by atoms with van der Waals surface area (Å²) in [5, 5.41) is 8.48. The molecule has 0 bridgehead atoms. The quantitative estimate of drug-likeness (QED) is 0.762. The molecule has 1 heterocycles. The van der Waals surface area contributed by atoms with Gasteiger partial charge in [-0.2, -0.15) is 0 Å². The van der Waals surface area contributed by atoms with Gasteiger partial charge >= 0.3 is 11.9 Å². The van der Waals surface area contributed by atoms with Gasteiger partial charge in [0.25, 0.3) is 0 Å². The Labute approximate surface area is 81.9 Å². The lowest BCUT2D eigenvalue weighted by molar-refractivity contribution is 0.0600. The van der Waals surface area contributed by atoms with Crippen LogP contribution in [0, 0.1) is 0 Å². The topological polar surface area (TPSA) is 76.5 Å². The van der Waals surface area contributed by atoms with Gasteiger partial charge in [0.15, 0.2) is 5.69 Å². The summed E-state index contributed by atoms with van der Waals surface area (Å²) in [5.74, 6) is -1.96. The van der Waals surface area contributed by atoms with E-state index in [9.17, 15) is 9.59 Å². The number of thiazole rings is 1. The van der Waals surface area contributed by atoms with Gasteiger partial charge in [-0.05, 0) is 0 Å². The third kappa shape index (κ3) is 1.96. The van der Waals surface area contributed by atoms with Gasteiger partial charge in [-0.1, -0.05) is 22.9 Å². The van der Waals surface area contributed by atoms with E-state index >= 15 is 0 Å². The first kappa shape index (κ1) is 9.94. The first-order chi connectivity index (χ1) is 6.06. The molecular formula is C6H4ClNO4S. The molecule has 0 atom stereocenters. The van der Waals surface area contributed by atoms with Gasteiger partial charge in [0.1, 0.15) is 4.34 Å². The smallest absolute Gasteiger partial charge is 0.367 e. The molecule has 0 unspecified atom stereocenters. The minimum atomic E-state index is -1.27. The molecule has 0 spiro atoms. The summed E-state index contributed by atoms with van der Waals surface area (Å²) in [7, 11) is 1.18. The normalized spacial score (nSPS) is 9.69. The lowest BCUT2D eigenvalue weighted by Crippen LogP contribution is -2.03. The summed E-state index contributed by atoms with van der Waals surface area (Å²) >= 11 is 6.28. The molecule has 0 aliphatic carbocycles. The number of halogens is 1. The van der Waals surface area contributed by atoms with Crippen LogP contribution in [0.15, 0.2) is 0 Å². The molecule has 13 heavy (non-hydrogen) atoms. The zero-order chi connectivity index (χ0) is 10.0. The van der Waals surface area contributed by atoms with Gasteiger partial charge in [-0.25, -0.2) is 14.6 Å². The Kier molecular flexibility index (Phi) is 2.84. The Morgan fingerprint density at radius 1 is 1.62 bits per heavy atom. The molecule has 0 fully saturated rings. The fourth-order valence-corrected chi connectivity index (χ4v) is 1.65. The van der Waals surface area contributed by atoms with Crippen LogP contribution in [0.2, 0.25) is 4.34 Å². The number of carbonyl (C=O) groups excluding carboxylic acids is 1. The van der Waals surface area contributed by atoms with E-state index in [0.717, 1.165) is 11.3 Å². The monoisotopic (exact) mass is 221 g/mol. The summed E-state index contributed by atoms with van der Waals surface area (Å²) in [4.78, 5) is 24.8. The third-order valence-corrected chi connectivity index (χ3v) is 2.38. The molecule has 7 heteroatoms. The number of aromatic carboxylic acids is 1. The van der Waals surface area contributed by atoms with Crippen LogP contribution in [-0.4, -0.2) is 29.1 Å². The van der Waals surface area contributed by atoms with Crippen molar-refractivity contribution in [3.05, 3.63) is 15.0 Å². The van der Waals surface area contributed by atoms with Crippen LogP contribution in [0.3, 0.4) is 0 Å². The van der Waals surface area contributed by atoms with Crippen molar-refractivity contribution >= 4 is 34.9 Å². The maximum absolute atomic E-state index is 10.9. The zero-order valence-electron chi connectivity index (χ0n) is 6.41. The second kappa shape index (κ2) is 3.71. The highest BCUT2D eigenvalue weighted by atomic mass is 35.5. The van der Waals surface area contributed by atoms with Crippen LogP contribution in [-0.2, 0) is 4.74 Å². The summed E-state index contributed by atoms with van der Waals surface area (Å²) < 4.78 is 4.31. The van der Waals surface area contributed by atoms with Gasteiger partial charge in [0.05, 0.1) is 7.11 Å². The number of rotatable bonds is 2. The van der Waals surface area contributed by atoms with Crippen LogP contribution in [0.4, 0.5) is 0 Å². The number of carbonyl (C=O) groups is 2. The number of hydrogen-bond acceptors (Lipinski definition) is 5. The fourth-order valence-electron chi connectivity index (χ4n) is 0.608. The predicted octanol–water partition coefficient (Wildman–Crippen LogP) is 1.28. The van der Waals surface area contributed by atoms with Crippen molar-refractivity contribution in [3.8, 4) is 0 Å².